The van der Waals surface area contributed by atoms with Crippen molar-refractivity contribution in [3.8, 4) is 6.07 Å². The van der Waals surface area contributed by atoms with Crippen molar-refractivity contribution in [1.82, 2.24) is 19.8 Å². The van der Waals surface area contributed by atoms with E-state index in [2.05, 4.69) is 44.3 Å². The van der Waals surface area contributed by atoms with Crippen LogP contribution in [0.3, 0.4) is 0 Å². The molecule has 0 bridgehead atoms. The topological polar surface area (TPSA) is 56.1 Å². The summed E-state index contributed by atoms with van der Waals surface area (Å²) in [4.78, 5) is 13.2. The van der Waals surface area contributed by atoms with E-state index in [9.17, 15) is 20.8 Å². The minimum absolute atomic E-state index is 0. The smallest absolute Gasteiger partial charge is 0 e. The normalized spacial score (nSPS) is 14.1. The Balaban J connectivity index is 0. The van der Waals surface area contributed by atoms with Crippen LogP contribution in [-0.4, -0.2) is 40.6 Å². The van der Waals surface area contributed by atoms with Crippen LogP contribution in [0.2, 0.25) is 0 Å². The third-order valence-corrected chi connectivity index (χ3v) is 3.03. The van der Waals surface area contributed by atoms with Gasteiger partial charge in [-0.1, -0.05) is 12.1 Å². The van der Waals surface area contributed by atoms with Gasteiger partial charge in [-0.05, 0) is 24.3 Å². The molecule has 0 spiro atoms. The molecule has 3 heterocycles. The van der Waals surface area contributed by atoms with E-state index in [1.165, 1.54) is 6.92 Å². The maximum atomic E-state index is 9.91. The molecule has 0 fully saturated rings. The fraction of sp³-hybridized carbons (Fsp3) is 0.235. The van der Waals surface area contributed by atoms with Gasteiger partial charge in [0.2, 0.25) is 0 Å². The monoisotopic (exact) mass is 742 g/mol. The van der Waals surface area contributed by atoms with Crippen LogP contribution in [0.15, 0.2) is 61.2 Å². The number of pyridine rings is 2. The summed E-state index contributed by atoms with van der Waals surface area (Å²) in [5.74, 6) is 0. The molecule has 0 amide bonds. The molecule has 0 saturated heterocycles. The van der Waals surface area contributed by atoms with Crippen molar-refractivity contribution in [3.05, 3.63) is 72.6 Å². The first-order valence-corrected chi connectivity index (χ1v) is 12.4. The molecule has 2 radical (unpaired) electrons. The van der Waals surface area contributed by atoms with E-state index in [0.717, 1.165) is 31.1 Å². The number of hydrogen-bond donors (Lipinski definition) is 0. The summed E-state index contributed by atoms with van der Waals surface area (Å²) >= 11 is -11.1. The van der Waals surface area contributed by atoms with Gasteiger partial charge in [0, 0.05) is 54.1 Å². The number of aromatic nitrogens is 2. The molecule has 2 aromatic rings. The Morgan fingerprint density at radius 1 is 0.871 bits per heavy atom. The molecule has 0 atom stereocenters. The minimum atomic E-state index is -11.1. The molecular weight excluding hydrogens is 724 g/mol. The molecule has 14 heteroatoms. The quantitative estimate of drug-likeness (QED) is 0.330. The fourth-order valence-corrected chi connectivity index (χ4v) is 2.12. The molecule has 0 N–H and O–H groups in total. The molecule has 5 nitrogen and oxygen atoms in total. The summed E-state index contributed by atoms with van der Waals surface area (Å²) in [6.07, 6.45) is 7.89. The number of rotatable bonds is 4. The molecular formula is C17H19AsAuCuF6N5+. The van der Waals surface area contributed by atoms with Crippen LogP contribution < -0.4 is 0 Å². The van der Waals surface area contributed by atoms with Crippen LogP contribution >= 0.6 is 0 Å². The first-order chi connectivity index (χ1) is 13.3. The summed E-state index contributed by atoms with van der Waals surface area (Å²) in [5.41, 5.74) is 2.18. The number of nitriles is 1. The SMILES string of the molecule is C1=CN(Cc2ccccn2)CN1Cc1ccccn1.CC#N.F[As-](F)(F)(F)(F)F.[Au].[Cu+2]. The van der Waals surface area contributed by atoms with Gasteiger partial charge in [-0.15, -0.1) is 0 Å². The van der Waals surface area contributed by atoms with E-state index in [-0.39, 0.29) is 39.4 Å². The Kier molecular flexibility index (Phi) is 12.8. The van der Waals surface area contributed by atoms with Gasteiger partial charge >= 0.3 is 52.0 Å². The van der Waals surface area contributed by atoms with Crippen LogP contribution in [0.5, 0.6) is 0 Å². The standard InChI is InChI=1S/C15H16N4.C2H3N.AsF6.Au.Cu/c1-3-7-16-14(5-1)11-18-9-10-19(13-18)12-15-6-2-4-8-17-15;1-2-3;2-1(3,4,5,6)7;;/h1-10H,11-13H2;1H3;;;/q;;-1;;+2. The van der Waals surface area contributed by atoms with Crippen molar-refractivity contribution in [2.45, 2.75) is 20.0 Å². The predicted octanol–water partition coefficient (Wildman–Crippen LogP) is 4.89. The second-order valence-electron chi connectivity index (χ2n) is 5.76. The first kappa shape index (κ1) is 31.7. The average Bonchev–Trinajstić information content (AvgIpc) is 3.01. The van der Waals surface area contributed by atoms with E-state index < -0.39 is 14.2 Å². The van der Waals surface area contributed by atoms with Crippen molar-refractivity contribution in [2.75, 3.05) is 6.67 Å². The van der Waals surface area contributed by atoms with E-state index in [0.29, 0.717) is 0 Å². The number of halogens is 6. The zero-order chi connectivity index (χ0) is 22.0. The van der Waals surface area contributed by atoms with Crippen molar-refractivity contribution in [1.29, 1.82) is 5.26 Å². The summed E-state index contributed by atoms with van der Waals surface area (Å²) < 4.78 is 59.4. The molecule has 2 aromatic heterocycles. The van der Waals surface area contributed by atoms with Crippen LogP contribution in [0.25, 0.3) is 0 Å². The summed E-state index contributed by atoms with van der Waals surface area (Å²) in [5, 5.41) is 7.32. The molecule has 3 rings (SSSR count). The third kappa shape index (κ3) is 20.2. The average molecular weight is 743 g/mol. The summed E-state index contributed by atoms with van der Waals surface area (Å²) in [7, 11) is 0. The van der Waals surface area contributed by atoms with Gasteiger partial charge in [-0.25, -0.2) is 0 Å². The largest absolute Gasteiger partial charge is 2.00 e. The second kappa shape index (κ2) is 12.5. The Morgan fingerprint density at radius 3 is 1.45 bits per heavy atom. The van der Waals surface area contributed by atoms with Gasteiger partial charge in [0.25, 0.3) is 0 Å². The molecule has 31 heavy (non-hydrogen) atoms. The van der Waals surface area contributed by atoms with E-state index >= 15 is 0 Å². The Bertz CT molecular complexity index is 774. The first-order valence-electron chi connectivity index (χ1n) is 8.10. The van der Waals surface area contributed by atoms with Crippen LogP contribution in [-0.2, 0) is 52.5 Å². The maximum Gasteiger partial charge on any atom is 2.00 e. The zero-order valence-corrected chi connectivity index (χ0v) is 20.9. The van der Waals surface area contributed by atoms with Gasteiger partial charge < -0.3 is 9.80 Å². The Hall–Kier alpha value is -1.47. The molecule has 180 valence electrons. The molecule has 1 aliphatic heterocycles. The second-order valence-corrected chi connectivity index (χ2v) is 9.78. The van der Waals surface area contributed by atoms with Crippen LogP contribution in [0.1, 0.15) is 18.3 Å². The molecule has 0 aliphatic carbocycles. The van der Waals surface area contributed by atoms with E-state index in [1.54, 1.807) is 6.07 Å². The van der Waals surface area contributed by atoms with Crippen molar-refractivity contribution in [3.63, 3.8) is 0 Å². The van der Waals surface area contributed by atoms with Gasteiger partial charge in [0.15, 0.2) is 0 Å². The van der Waals surface area contributed by atoms with Crippen molar-refractivity contribution < 1.29 is 60.2 Å². The Morgan fingerprint density at radius 2 is 1.19 bits per heavy atom. The van der Waals surface area contributed by atoms with Gasteiger partial charge in [-0.2, -0.15) is 5.26 Å². The molecule has 0 saturated carbocycles. The van der Waals surface area contributed by atoms with Crippen LogP contribution in [0.4, 0.5) is 20.8 Å². The van der Waals surface area contributed by atoms with Crippen molar-refractivity contribution in [2.24, 2.45) is 0 Å². The molecule has 0 unspecified atom stereocenters. The molecule has 1 aliphatic rings. The molecule has 0 aromatic carbocycles. The third-order valence-electron chi connectivity index (χ3n) is 3.03. The van der Waals surface area contributed by atoms with Crippen molar-refractivity contribution >= 4 is 14.2 Å². The number of nitrogens with zero attached hydrogens (tertiary/aromatic N) is 5. The van der Waals surface area contributed by atoms with Gasteiger partial charge in [-0.3, -0.25) is 9.97 Å². The van der Waals surface area contributed by atoms with Gasteiger partial charge in [0.05, 0.1) is 37.2 Å². The number of hydrogen-bond acceptors (Lipinski definition) is 5. The van der Waals surface area contributed by atoms with Crippen LogP contribution in [0, 0.1) is 11.3 Å². The minimum Gasteiger partial charge on any atom is 0 e. The Labute approximate surface area is 204 Å². The summed E-state index contributed by atoms with van der Waals surface area (Å²) in [6.45, 7) is 4.00. The fourth-order valence-electron chi connectivity index (χ4n) is 2.12. The maximum absolute atomic E-state index is 11.1. The van der Waals surface area contributed by atoms with E-state index in [4.69, 9.17) is 5.26 Å². The zero-order valence-electron chi connectivity index (χ0n) is 15.9. The van der Waals surface area contributed by atoms with E-state index in [1.807, 2.05) is 36.7 Å². The summed E-state index contributed by atoms with van der Waals surface area (Å²) in [6, 6.07) is 13.8. The van der Waals surface area contributed by atoms with Gasteiger partial charge in [0.1, 0.15) is 0 Å². The predicted molar refractivity (Wildman–Crippen MR) is 97.3 cm³/mol.